The van der Waals surface area contributed by atoms with Gasteiger partial charge in [0.1, 0.15) is 6.10 Å². The second kappa shape index (κ2) is 6.43. The van der Waals surface area contributed by atoms with E-state index in [1.54, 1.807) is 0 Å². The molecule has 1 saturated heterocycles. The number of esters is 1. The van der Waals surface area contributed by atoms with E-state index in [-0.39, 0.29) is 41.2 Å². The van der Waals surface area contributed by atoms with Crippen LogP contribution < -0.4 is 0 Å². The van der Waals surface area contributed by atoms with Gasteiger partial charge >= 0.3 is 5.97 Å². The van der Waals surface area contributed by atoms with Gasteiger partial charge in [-0.15, -0.1) is 0 Å². The molecule has 0 radical (unpaired) electrons. The Balaban J connectivity index is 1.52. The van der Waals surface area contributed by atoms with Crippen molar-refractivity contribution in [3.63, 3.8) is 0 Å². The molecule has 164 valence electrons. The summed E-state index contributed by atoms with van der Waals surface area (Å²) in [5.41, 5.74) is 0.196. The van der Waals surface area contributed by atoms with Crippen molar-refractivity contribution in [2.24, 2.45) is 34.5 Å². The van der Waals surface area contributed by atoms with Crippen molar-refractivity contribution < 1.29 is 24.1 Å². The molecule has 5 nitrogen and oxygen atoms in total. The Morgan fingerprint density at radius 2 is 1.55 bits per heavy atom. The van der Waals surface area contributed by atoms with E-state index in [9.17, 15) is 9.90 Å². The number of hydrogen-bond donors (Lipinski definition) is 1. The lowest BCUT2D eigenvalue weighted by Gasteiger charge is -2.63. The maximum atomic E-state index is 11.6. The number of rotatable bonds is 1. The first-order valence-corrected chi connectivity index (χ1v) is 11.8. The molecule has 5 fully saturated rings. The standard InChI is InChI=1S/C24H38O5/c1-13(25)27-14-8-10-23(4)16-9-11-24(5)15(6-7-18(24)26)19(16)21-20(17(23)12-14)28-22(2,3)29-21/h14-21,26H,6-12H2,1-5H3/t14?,15?,16?,17?,18?,19?,20?,21?,23-,24+/m1/s1. The maximum absolute atomic E-state index is 11.6. The minimum absolute atomic E-state index is 0.00255. The first-order chi connectivity index (χ1) is 13.6. The maximum Gasteiger partial charge on any atom is 0.302 e. The molecule has 1 aliphatic heterocycles. The largest absolute Gasteiger partial charge is 0.463 e. The van der Waals surface area contributed by atoms with Crippen LogP contribution in [0.15, 0.2) is 0 Å². The van der Waals surface area contributed by atoms with E-state index in [2.05, 4.69) is 13.8 Å². The van der Waals surface area contributed by atoms with E-state index in [0.717, 1.165) is 44.9 Å². The van der Waals surface area contributed by atoms with Gasteiger partial charge in [-0.25, -0.2) is 0 Å². The molecular formula is C24H38O5. The van der Waals surface area contributed by atoms with Gasteiger partial charge in [-0.05, 0) is 93.3 Å². The minimum atomic E-state index is -0.579. The summed E-state index contributed by atoms with van der Waals surface area (Å²) in [6.07, 6.45) is 7.13. The number of aliphatic hydroxyl groups excluding tert-OH is 1. The summed E-state index contributed by atoms with van der Waals surface area (Å²) in [7, 11) is 0. The zero-order valence-corrected chi connectivity index (χ0v) is 18.6. The SMILES string of the molecule is CC(=O)OC1CC[C@@]2(C)C(C1)C1OC(C)(C)OC1C1C2CC[C@]2(C)C(O)CCC12. The molecule has 0 aromatic rings. The lowest BCUT2D eigenvalue weighted by atomic mass is 9.43. The molecule has 4 saturated carbocycles. The number of carbonyl (C=O) groups is 1. The summed E-state index contributed by atoms with van der Waals surface area (Å²) in [5, 5.41) is 10.8. The van der Waals surface area contributed by atoms with Crippen molar-refractivity contribution in [1.82, 2.24) is 0 Å². The van der Waals surface area contributed by atoms with Gasteiger partial charge in [-0.2, -0.15) is 0 Å². The van der Waals surface area contributed by atoms with Crippen LogP contribution in [0.5, 0.6) is 0 Å². The van der Waals surface area contributed by atoms with Gasteiger partial charge < -0.3 is 19.3 Å². The lowest BCUT2D eigenvalue weighted by molar-refractivity contribution is -0.197. The second-order valence-corrected chi connectivity index (χ2v) is 11.6. The van der Waals surface area contributed by atoms with Crippen molar-refractivity contribution in [3.8, 4) is 0 Å². The molecule has 0 aromatic heterocycles. The normalized spacial score (nSPS) is 55.4. The highest BCUT2D eigenvalue weighted by molar-refractivity contribution is 5.66. The highest BCUT2D eigenvalue weighted by Gasteiger charge is 2.68. The van der Waals surface area contributed by atoms with E-state index in [1.807, 2.05) is 13.8 Å². The average molecular weight is 407 g/mol. The predicted molar refractivity (Wildman–Crippen MR) is 108 cm³/mol. The topological polar surface area (TPSA) is 65.0 Å². The van der Waals surface area contributed by atoms with Crippen LogP contribution in [0, 0.1) is 34.5 Å². The fraction of sp³-hybridized carbons (Fsp3) is 0.958. The third-order valence-electron chi connectivity index (χ3n) is 9.77. The van der Waals surface area contributed by atoms with Crippen molar-refractivity contribution in [2.75, 3.05) is 0 Å². The lowest BCUT2D eigenvalue weighted by Crippen LogP contribution is -2.63. The van der Waals surface area contributed by atoms with E-state index in [1.165, 1.54) is 6.92 Å². The van der Waals surface area contributed by atoms with Crippen molar-refractivity contribution in [2.45, 2.75) is 110 Å². The van der Waals surface area contributed by atoms with E-state index >= 15 is 0 Å². The fourth-order valence-corrected chi connectivity index (χ4v) is 8.46. The Bertz CT molecular complexity index is 691. The summed E-state index contributed by atoms with van der Waals surface area (Å²) in [6, 6.07) is 0. The summed E-state index contributed by atoms with van der Waals surface area (Å²) >= 11 is 0. The molecule has 4 aliphatic carbocycles. The predicted octanol–water partition coefficient (Wildman–Crippen LogP) is 4.06. The van der Waals surface area contributed by atoms with Crippen LogP contribution in [0.2, 0.25) is 0 Å². The molecule has 1 heterocycles. The Hall–Kier alpha value is -0.650. The quantitative estimate of drug-likeness (QED) is 0.665. The first kappa shape index (κ1) is 20.3. The molecule has 5 rings (SSSR count). The van der Waals surface area contributed by atoms with Crippen LogP contribution in [-0.2, 0) is 19.0 Å². The molecule has 29 heavy (non-hydrogen) atoms. The van der Waals surface area contributed by atoms with Crippen LogP contribution >= 0.6 is 0 Å². The fourth-order valence-electron chi connectivity index (χ4n) is 8.46. The smallest absolute Gasteiger partial charge is 0.302 e. The van der Waals surface area contributed by atoms with Crippen LogP contribution in [0.3, 0.4) is 0 Å². The molecule has 1 N–H and O–H groups in total. The summed E-state index contributed by atoms with van der Waals surface area (Å²) in [4.78, 5) is 11.6. The average Bonchev–Trinajstić information content (AvgIpc) is 3.11. The Morgan fingerprint density at radius 1 is 0.897 bits per heavy atom. The molecule has 8 unspecified atom stereocenters. The van der Waals surface area contributed by atoms with Gasteiger partial charge in [-0.3, -0.25) is 4.79 Å². The van der Waals surface area contributed by atoms with Crippen molar-refractivity contribution in [3.05, 3.63) is 0 Å². The van der Waals surface area contributed by atoms with E-state index < -0.39 is 5.79 Å². The Morgan fingerprint density at radius 3 is 2.28 bits per heavy atom. The molecule has 5 heteroatoms. The third-order valence-corrected chi connectivity index (χ3v) is 9.77. The van der Waals surface area contributed by atoms with E-state index in [4.69, 9.17) is 14.2 Å². The van der Waals surface area contributed by atoms with Crippen LogP contribution in [-0.4, -0.2) is 41.3 Å². The highest BCUT2D eigenvalue weighted by Crippen LogP contribution is 2.68. The monoisotopic (exact) mass is 406 g/mol. The molecule has 10 atom stereocenters. The number of ether oxygens (including phenoxy) is 3. The van der Waals surface area contributed by atoms with Crippen LogP contribution in [0.1, 0.15) is 79.6 Å². The number of aliphatic hydroxyl groups is 1. The van der Waals surface area contributed by atoms with Gasteiger partial charge in [0.25, 0.3) is 0 Å². The van der Waals surface area contributed by atoms with Gasteiger partial charge in [0.2, 0.25) is 0 Å². The van der Waals surface area contributed by atoms with Gasteiger partial charge in [0, 0.05) is 6.92 Å². The summed E-state index contributed by atoms with van der Waals surface area (Å²) < 4.78 is 18.8. The van der Waals surface area contributed by atoms with Gasteiger partial charge in [-0.1, -0.05) is 13.8 Å². The molecule has 0 amide bonds. The molecular weight excluding hydrogens is 368 g/mol. The summed E-state index contributed by atoms with van der Waals surface area (Å²) in [5.74, 6) is 1.14. The van der Waals surface area contributed by atoms with Gasteiger partial charge in [0.15, 0.2) is 5.79 Å². The summed E-state index contributed by atoms with van der Waals surface area (Å²) in [6.45, 7) is 10.4. The molecule has 0 spiro atoms. The minimum Gasteiger partial charge on any atom is -0.463 e. The molecule has 5 aliphatic rings. The number of carbonyl (C=O) groups excluding carboxylic acids is 1. The first-order valence-electron chi connectivity index (χ1n) is 11.8. The number of hydrogen-bond acceptors (Lipinski definition) is 5. The van der Waals surface area contributed by atoms with Crippen LogP contribution in [0.4, 0.5) is 0 Å². The van der Waals surface area contributed by atoms with Gasteiger partial charge in [0.05, 0.1) is 18.3 Å². The highest BCUT2D eigenvalue weighted by atomic mass is 16.8. The Labute approximate surface area is 174 Å². The zero-order valence-electron chi connectivity index (χ0n) is 18.6. The van der Waals surface area contributed by atoms with E-state index in [0.29, 0.717) is 23.7 Å². The second-order valence-electron chi connectivity index (χ2n) is 11.6. The third kappa shape index (κ3) is 2.86. The number of fused-ring (bicyclic) bond motifs is 8. The zero-order chi connectivity index (χ0) is 20.8. The molecule has 0 aromatic carbocycles. The van der Waals surface area contributed by atoms with Crippen LogP contribution in [0.25, 0.3) is 0 Å². The van der Waals surface area contributed by atoms with Crippen molar-refractivity contribution >= 4 is 5.97 Å². The van der Waals surface area contributed by atoms with Crippen molar-refractivity contribution in [1.29, 1.82) is 0 Å². The molecule has 0 bridgehead atoms. The Kier molecular flexibility index (Phi) is 4.49.